The number of carboxylic acids is 1. The van der Waals surface area contributed by atoms with Crippen molar-refractivity contribution in [1.82, 2.24) is 15.6 Å². The van der Waals surface area contributed by atoms with Crippen molar-refractivity contribution in [2.45, 2.75) is 38.3 Å². The Morgan fingerprint density at radius 1 is 1.03 bits per heavy atom. The van der Waals surface area contributed by atoms with Crippen molar-refractivity contribution in [1.29, 1.82) is 0 Å². The van der Waals surface area contributed by atoms with Crippen molar-refractivity contribution < 1.29 is 24.2 Å². The smallest absolute Gasteiger partial charge is 0.407 e. The molecule has 1 aromatic heterocycles. The number of rotatable bonds is 9. The molecule has 2 amide bonds. The standard InChI is InChI=1S/C27H27N3O5/c1-17-14-18(12-13-28-17)15-29-26(33)24(10-11-25(31)32)30-27(34)35-16-23-21-8-4-2-6-19(21)20-7-3-5-9-22(20)23/h2-9,12-14,23-24H,10-11,15-16H2,1H3,(H,29,33)(H,30,34)(H,31,32). The first kappa shape index (κ1) is 23.9. The van der Waals surface area contributed by atoms with E-state index in [4.69, 9.17) is 9.84 Å². The molecule has 8 nitrogen and oxygen atoms in total. The highest BCUT2D eigenvalue weighted by Gasteiger charge is 2.30. The number of nitrogens with zero attached hydrogens (tertiary/aromatic N) is 1. The van der Waals surface area contributed by atoms with E-state index in [1.54, 1.807) is 12.3 Å². The molecule has 0 spiro atoms. The summed E-state index contributed by atoms with van der Waals surface area (Å²) in [7, 11) is 0. The van der Waals surface area contributed by atoms with Crippen molar-refractivity contribution in [3.63, 3.8) is 0 Å². The maximum atomic E-state index is 12.7. The number of carboxylic acid groups (broad SMARTS) is 1. The number of alkyl carbamates (subject to hydrolysis) is 1. The van der Waals surface area contributed by atoms with E-state index < -0.39 is 24.0 Å². The number of aliphatic carboxylic acids is 1. The largest absolute Gasteiger partial charge is 0.481 e. The fourth-order valence-electron chi connectivity index (χ4n) is 4.35. The minimum Gasteiger partial charge on any atom is -0.481 e. The van der Waals surface area contributed by atoms with Crippen LogP contribution in [-0.4, -0.2) is 40.7 Å². The van der Waals surface area contributed by atoms with Gasteiger partial charge in [0.1, 0.15) is 12.6 Å². The molecule has 1 unspecified atom stereocenters. The second-order valence-corrected chi connectivity index (χ2v) is 8.48. The summed E-state index contributed by atoms with van der Waals surface area (Å²) in [5.41, 5.74) is 6.05. The third-order valence-electron chi connectivity index (χ3n) is 6.03. The van der Waals surface area contributed by atoms with E-state index in [1.807, 2.05) is 61.5 Å². The van der Waals surface area contributed by atoms with E-state index in [0.29, 0.717) is 0 Å². The maximum absolute atomic E-state index is 12.7. The van der Waals surface area contributed by atoms with Gasteiger partial charge in [-0.1, -0.05) is 48.5 Å². The molecule has 0 fully saturated rings. The number of amides is 2. The number of aromatic nitrogens is 1. The highest BCUT2D eigenvalue weighted by molar-refractivity contribution is 5.86. The van der Waals surface area contributed by atoms with E-state index in [-0.39, 0.29) is 31.9 Å². The second-order valence-electron chi connectivity index (χ2n) is 8.48. The van der Waals surface area contributed by atoms with E-state index in [1.165, 1.54) is 0 Å². The molecule has 0 radical (unpaired) electrons. The molecule has 2 aromatic carbocycles. The Labute approximate surface area is 203 Å². The summed E-state index contributed by atoms with van der Waals surface area (Å²) >= 11 is 0. The van der Waals surface area contributed by atoms with E-state index >= 15 is 0 Å². The average Bonchev–Trinajstić information content (AvgIpc) is 3.17. The molecule has 3 aromatic rings. The first-order valence-electron chi connectivity index (χ1n) is 11.4. The molecule has 8 heteroatoms. The van der Waals surface area contributed by atoms with E-state index in [0.717, 1.165) is 33.5 Å². The third kappa shape index (κ3) is 5.84. The van der Waals surface area contributed by atoms with Crippen molar-refractivity contribution >= 4 is 18.0 Å². The first-order chi connectivity index (χ1) is 16.9. The Balaban J connectivity index is 1.39. The van der Waals surface area contributed by atoms with Crippen molar-refractivity contribution in [2.24, 2.45) is 0 Å². The van der Waals surface area contributed by atoms with Gasteiger partial charge in [0.05, 0.1) is 0 Å². The van der Waals surface area contributed by atoms with Crippen molar-refractivity contribution in [3.8, 4) is 11.1 Å². The summed E-state index contributed by atoms with van der Waals surface area (Å²) in [6.45, 7) is 2.18. The SMILES string of the molecule is Cc1cc(CNC(=O)C(CCC(=O)O)NC(=O)OCC2c3ccccc3-c3ccccc32)ccn1. The number of pyridine rings is 1. The third-order valence-corrected chi connectivity index (χ3v) is 6.03. The minimum atomic E-state index is -1.05. The summed E-state index contributed by atoms with van der Waals surface area (Å²) in [5.74, 6) is -1.65. The second kappa shape index (κ2) is 10.8. The zero-order chi connectivity index (χ0) is 24.8. The van der Waals surface area contributed by atoms with Crippen LogP contribution in [0, 0.1) is 6.92 Å². The van der Waals surface area contributed by atoms with Gasteiger partial charge in [-0.25, -0.2) is 4.79 Å². The van der Waals surface area contributed by atoms with Gasteiger partial charge in [0, 0.05) is 30.8 Å². The molecule has 0 saturated heterocycles. The molecular weight excluding hydrogens is 446 g/mol. The van der Waals surface area contributed by atoms with Crippen LogP contribution >= 0.6 is 0 Å². The Morgan fingerprint density at radius 2 is 1.69 bits per heavy atom. The molecule has 0 saturated carbocycles. The highest BCUT2D eigenvalue weighted by atomic mass is 16.5. The van der Waals surface area contributed by atoms with Gasteiger partial charge in [0.25, 0.3) is 0 Å². The monoisotopic (exact) mass is 473 g/mol. The zero-order valence-corrected chi connectivity index (χ0v) is 19.4. The first-order valence-corrected chi connectivity index (χ1v) is 11.4. The molecule has 3 N–H and O–H groups in total. The molecule has 0 aliphatic heterocycles. The Kier molecular flexibility index (Phi) is 7.40. The Hall–Kier alpha value is -4.20. The van der Waals surface area contributed by atoms with Gasteiger partial charge in [-0.15, -0.1) is 0 Å². The summed E-state index contributed by atoms with van der Waals surface area (Å²) in [6.07, 6.45) is 0.557. The van der Waals surface area contributed by atoms with Crippen LogP contribution in [0.4, 0.5) is 4.79 Å². The van der Waals surface area contributed by atoms with Gasteiger partial charge >= 0.3 is 12.1 Å². The number of benzene rings is 2. The van der Waals surface area contributed by atoms with Crippen LogP contribution in [-0.2, 0) is 20.9 Å². The van der Waals surface area contributed by atoms with Gasteiger partial charge in [0.15, 0.2) is 0 Å². The molecule has 35 heavy (non-hydrogen) atoms. The van der Waals surface area contributed by atoms with Gasteiger partial charge in [-0.05, 0) is 53.3 Å². The topological polar surface area (TPSA) is 118 Å². The van der Waals surface area contributed by atoms with Gasteiger partial charge in [-0.3, -0.25) is 14.6 Å². The van der Waals surface area contributed by atoms with Crippen LogP contribution in [0.2, 0.25) is 0 Å². The van der Waals surface area contributed by atoms with Crippen LogP contribution in [0.5, 0.6) is 0 Å². The predicted octanol–water partition coefficient (Wildman–Crippen LogP) is 3.78. The van der Waals surface area contributed by atoms with Gasteiger partial charge < -0.3 is 20.5 Å². The molecule has 0 bridgehead atoms. The molecule has 1 aliphatic carbocycles. The lowest BCUT2D eigenvalue weighted by Gasteiger charge is -2.19. The van der Waals surface area contributed by atoms with Crippen LogP contribution in [0.3, 0.4) is 0 Å². The number of fused-ring (bicyclic) bond motifs is 3. The summed E-state index contributed by atoms with van der Waals surface area (Å²) in [5, 5.41) is 14.4. The minimum absolute atomic E-state index is 0.0548. The number of hydrogen-bond donors (Lipinski definition) is 3. The lowest BCUT2D eigenvalue weighted by Crippen LogP contribution is -2.47. The molecule has 1 aliphatic rings. The van der Waals surface area contributed by atoms with Gasteiger partial charge in [-0.2, -0.15) is 0 Å². The van der Waals surface area contributed by atoms with Crippen LogP contribution in [0.25, 0.3) is 11.1 Å². The lowest BCUT2D eigenvalue weighted by atomic mass is 9.98. The number of carbonyl (C=O) groups excluding carboxylic acids is 2. The van der Waals surface area contributed by atoms with E-state index in [9.17, 15) is 14.4 Å². The molecular formula is C27H27N3O5. The van der Waals surface area contributed by atoms with Crippen LogP contribution in [0.15, 0.2) is 66.9 Å². The quantitative estimate of drug-likeness (QED) is 0.435. The van der Waals surface area contributed by atoms with Gasteiger partial charge in [0.2, 0.25) is 5.91 Å². The predicted molar refractivity (Wildman–Crippen MR) is 130 cm³/mol. The Morgan fingerprint density at radius 3 is 2.31 bits per heavy atom. The highest BCUT2D eigenvalue weighted by Crippen LogP contribution is 2.44. The lowest BCUT2D eigenvalue weighted by molar-refractivity contribution is -0.137. The molecule has 4 rings (SSSR count). The fourth-order valence-corrected chi connectivity index (χ4v) is 4.35. The number of aryl methyl sites for hydroxylation is 1. The van der Waals surface area contributed by atoms with Crippen molar-refractivity contribution in [2.75, 3.05) is 6.61 Å². The summed E-state index contributed by atoms with van der Waals surface area (Å²) < 4.78 is 5.52. The fraction of sp³-hybridized carbons (Fsp3) is 0.259. The zero-order valence-electron chi connectivity index (χ0n) is 19.4. The molecule has 1 atom stereocenters. The van der Waals surface area contributed by atoms with Crippen LogP contribution in [0.1, 0.15) is 41.1 Å². The van der Waals surface area contributed by atoms with E-state index in [2.05, 4.69) is 15.6 Å². The average molecular weight is 474 g/mol. The Bertz CT molecular complexity index is 1200. The summed E-state index contributed by atoms with van der Waals surface area (Å²) in [6, 6.07) is 18.6. The number of hydrogen-bond acceptors (Lipinski definition) is 5. The summed E-state index contributed by atoms with van der Waals surface area (Å²) in [4.78, 5) is 40.6. The van der Waals surface area contributed by atoms with Crippen molar-refractivity contribution in [3.05, 3.63) is 89.2 Å². The number of ether oxygens (including phenoxy) is 1. The number of nitrogens with one attached hydrogen (secondary N) is 2. The molecule has 180 valence electrons. The number of carbonyl (C=O) groups is 3. The normalized spacial score (nSPS) is 12.8. The molecule has 1 heterocycles. The maximum Gasteiger partial charge on any atom is 0.407 e. The van der Waals surface area contributed by atoms with Crippen LogP contribution < -0.4 is 10.6 Å².